The van der Waals surface area contributed by atoms with Gasteiger partial charge in [-0.15, -0.1) is 0 Å². The van der Waals surface area contributed by atoms with Crippen LogP contribution in [0.4, 0.5) is 5.69 Å². The normalized spacial score (nSPS) is 15.4. The van der Waals surface area contributed by atoms with Crippen LogP contribution in [0.1, 0.15) is 30.1 Å². The van der Waals surface area contributed by atoms with E-state index in [4.69, 9.17) is 4.74 Å². The van der Waals surface area contributed by atoms with Crippen molar-refractivity contribution in [3.63, 3.8) is 0 Å². The van der Waals surface area contributed by atoms with Crippen molar-refractivity contribution < 1.29 is 14.6 Å². The third kappa shape index (κ3) is 4.03. The summed E-state index contributed by atoms with van der Waals surface area (Å²) in [6.45, 7) is 2.41. The highest BCUT2D eigenvalue weighted by Crippen LogP contribution is 2.30. The molecule has 1 aliphatic rings. The van der Waals surface area contributed by atoms with Gasteiger partial charge in [-0.25, -0.2) is 0 Å². The van der Waals surface area contributed by atoms with Crippen LogP contribution in [0.3, 0.4) is 0 Å². The first kappa shape index (κ1) is 15.9. The molecule has 1 aromatic rings. The van der Waals surface area contributed by atoms with Crippen LogP contribution in [0, 0.1) is 0 Å². The molecule has 116 valence electrons. The minimum atomic E-state index is -0.494. The average molecular weight is 292 g/mol. The number of hydrogen-bond donors (Lipinski definition) is 2. The van der Waals surface area contributed by atoms with Crippen LogP contribution in [0.15, 0.2) is 18.2 Å². The Hall–Kier alpha value is -1.43. The van der Waals surface area contributed by atoms with Crippen LogP contribution in [0.25, 0.3) is 0 Å². The summed E-state index contributed by atoms with van der Waals surface area (Å²) in [5.41, 5.74) is 2.84. The predicted octanol–water partition coefficient (Wildman–Crippen LogP) is 1.26. The number of nitrogens with one attached hydrogen (secondary N) is 1. The van der Waals surface area contributed by atoms with Gasteiger partial charge < -0.3 is 20.1 Å². The molecule has 21 heavy (non-hydrogen) atoms. The Balaban J connectivity index is 1.82. The highest BCUT2D eigenvalue weighted by Gasteiger charge is 2.24. The Kier molecular flexibility index (Phi) is 5.73. The van der Waals surface area contributed by atoms with Gasteiger partial charge in [0.15, 0.2) is 0 Å². The number of nitrogens with zero attached hydrogens (tertiary/aromatic N) is 1. The Morgan fingerprint density at radius 3 is 3.00 bits per heavy atom. The molecule has 0 fully saturated rings. The van der Waals surface area contributed by atoms with Crippen molar-refractivity contribution in [2.24, 2.45) is 0 Å². The zero-order valence-corrected chi connectivity index (χ0v) is 12.8. The Labute approximate surface area is 125 Å². The molecule has 0 aromatic heterocycles. The number of likely N-dealkylation sites (N-methyl/N-ethyl adjacent to an activating group) is 1. The first-order valence-corrected chi connectivity index (χ1v) is 7.40. The van der Waals surface area contributed by atoms with Gasteiger partial charge in [-0.05, 0) is 43.1 Å². The maximum absolute atomic E-state index is 11.7. The van der Waals surface area contributed by atoms with Gasteiger partial charge in [0.1, 0.15) is 0 Å². The minimum absolute atomic E-state index is 0.108. The number of fused-ring (bicyclic) bond motifs is 1. The van der Waals surface area contributed by atoms with E-state index in [2.05, 4.69) is 5.32 Å². The van der Waals surface area contributed by atoms with Gasteiger partial charge in [-0.3, -0.25) is 4.79 Å². The number of methoxy groups -OCH3 is 1. The van der Waals surface area contributed by atoms with Crippen molar-refractivity contribution in [1.82, 2.24) is 5.32 Å². The maximum atomic E-state index is 11.7. The predicted molar refractivity (Wildman–Crippen MR) is 82.5 cm³/mol. The number of aliphatic hydroxyl groups excluding tert-OH is 1. The Morgan fingerprint density at radius 2 is 2.24 bits per heavy atom. The number of hydrogen-bond acceptors (Lipinski definition) is 4. The Bertz CT molecular complexity index is 490. The van der Waals surface area contributed by atoms with Gasteiger partial charge in [0, 0.05) is 26.5 Å². The minimum Gasteiger partial charge on any atom is -0.388 e. The van der Waals surface area contributed by atoms with Gasteiger partial charge in [0.05, 0.1) is 12.5 Å². The van der Waals surface area contributed by atoms with Crippen LogP contribution in [-0.2, 0) is 16.0 Å². The molecule has 0 bridgehead atoms. The van der Waals surface area contributed by atoms with Gasteiger partial charge in [-0.2, -0.15) is 0 Å². The second kappa shape index (κ2) is 7.54. The fourth-order valence-corrected chi connectivity index (χ4v) is 2.57. The van der Waals surface area contributed by atoms with Crippen molar-refractivity contribution in [2.75, 3.05) is 38.8 Å². The van der Waals surface area contributed by atoms with Crippen LogP contribution in [-0.4, -0.2) is 44.9 Å². The molecule has 2 N–H and O–H groups in total. The van der Waals surface area contributed by atoms with E-state index in [-0.39, 0.29) is 5.91 Å². The SMILES string of the molecule is COCCCNCCC(O)c1ccc2c(c1)CC(=O)N2C. The lowest BCUT2D eigenvalue weighted by Crippen LogP contribution is -2.20. The molecule has 5 nitrogen and oxygen atoms in total. The molecule has 0 aliphatic carbocycles. The van der Waals surface area contributed by atoms with Crippen LogP contribution in [0.5, 0.6) is 0 Å². The highest BCUT2D eigenvalue weighted by molar-refractivity contribution is 6.00. The third-order valence-electron chi connectivity index (χ3n) is 3.86. The molecule has 5 heteroatoms. The summed E-state index contributed by atoms with van der Waals surface area (Å²) in [6.07, 6.45) is 1.57. The topological polar surface area (TPSA) is 61.8 Å². The lowest BCUT2D eigenvalue weighted by molar-refractivity contribution is -0.117. The summed E-state index contributed by atoms with van der Waals surface area (Å²) in [6, 6.07) is 5.78. The van der Waals surface area contributed by atoms with E-state index in [0.717, 1.165) is 42.9 Å². The van der Waals surface area contributed by atoms with Gasteiger partial charge in [0.2, 0.25) is 5.91 Å². The number of anilines is 1. The molecule has 0 saturated heterocycles. The summed E-state index contributed by atoms with van der Waals surface area (Å²) in [5, 5.41) is 13.5. The largest absolute Gasteiger partial charge is 0.388 e. The zero-order chi connectivity index (χ0) is 15.2. The molecule has 0 saturated carbocycles. The van der Waals surface area contributed by atoms with E-state index < -0.39 is 6.10 Å². The summed E-state index contributed by atoms with van der Waals surface area (Å²) in [7, 11) is 3.48. The number of aliphatic hydroxyl groups is 1. The van der Waals surface area contributed by atoms with E-state index in [0.29, 0.717) is 12.8 Å². The maximum Gasteiger partial charge on any atom is 0.231 e. The standard InChI is InChI=1S/C16H24N2O3/c1-18-14-5-4-12(10-13(14)11-16(18)20)15(19)6-8-17-7-3-9-21-2/h4-5,10,15,17,19H,3,6-9,11H2,1-2H3. The molecule has 1 aliphatic heterocycles. The van der Waals surface area contributed by atoms with E-state index in [9.17, 15) is 9.90 Å². The Morgan fingerprint density at radius 1 is 1.43 bits per heavy atom. The lowest BCUT2D eigenvalue weighted by Gasteiger charge is -2.14. The molecule has 1 unspecified atom stereocenters. The number of rotatable bonds is 8. The first-order valence-electron chi connectivity index (χ1n) is 7.40. The molecule has 1 atom stereocenters. The van der Waals surface area contributed by atoms with Crippen LogP contribution < -0.4 is 10.2 Å². The number of carbonyl (C=O) groups is 1. The summed E-state index contributed by atoms with van der Waals surface area (Å²) in [5.74, 6) is 0.108. The van der Waals surface area contributed by atoms with Crippen molar-refractivity contribution >= 4 is 11.6 Å². The number of benzene rings is 1. The lowest BCUT2D eigenvalue weighted by atomic mass is 10.0. The van der Waals surface area contributed by atoms with Gasteiger partial charge in [-0.1, -0.05) is 12.1 Å². The monoisotopic (exact) mass is 292 g/mol. The van der Waals surface area contributed by atoms with Crippen LogP contribution in [0.2, 0.25) is 0 Å². The van der Waals surface area contributed by atoms with Crippen molar-refractivity contribution in [2.45, 2.75) is 25.4 Å². The first-order chi connectivity index (χ1) is 10.1. The van der Waals surface area contributed by atoms with Gasteiger partial charge >= 0.3 is 0 Å². The second-order valence-corrected chi connectivity index (χ2v) is 5.42. The summed E-state index contributed by atoms with van der Waals surface area (Å²) < 4.78 is 4.98. The molecule has 1 aromatic carbocycles. The number of carbonyl (C=O) groups excluding carboxylic acids is 1. The van der Waals surface area contributed by atoms with Crippen LogP contribution >= 0.6 is 0 Å². The van der Waals surface area contributed by atoms with E-state index in [1.165, 1.54) is 0 Å². The smallest absolute Gasteiger partial charge is 0.231 e. The van der Waals surface area contributed by atoms with Crippen molar-refractivity contribution in [3.8, 4) is 0 Å². The number of ether oxygens (including phenoxy) is 1. The van der Waals surface area contributed by atoms with E-state index in [1.807, 2.05) is 18.2 Å². The quantitative estimate of drug-likeness (QED) is 0.708. The molecular weight excluding hydrogens is 268 g/mol. The molecule has 1 heterocycles. The molecule has 1 amide bonds. The fourth-order valence-electron chi connectivity index (χ4n) is 2.57. The summed E-state index contributed by atoms with van der Waals surface area (Å²) in [4.78, 5) is 13.3. The van der Waals surface area contributed by atoms with E-state index in [1.54, 1.807) is 19.1 Å². The molecule has 2 rings (SSSR count). The second-order valence-electron chi connectivity index (χ2n) is 5.42. The summed E-state index contributed by atoms with van der Waals surface area (Å²) >= 11 is 0. The number of amides is 1. The van der Waals surface area contributed by atoms with Crippen molar-refractivity contribution in [3.05, 3.63) is 29.3 Å². The average Bonchev–Trinajstić information content (AvgIpc) is 2.77. The zero-order valence-electron chi connectivity index (χ0n) is 12.8. The molecule has 0 radical (unpaired) electrons. The molecule has 0 spiro atoms. The van der Waals surface area contributed by atoms with E-state index >= 15 is 0 Å². The van der Waals surface area contributed by atoms with Gasteiger partial charge in [0.25, 0.3) is 0 Å². The highest BCUT2D eigenvalue weighted by atomic mass is 16.5. The fraction of sp³-hybridized carbons (Fsp3) is 0.562. The van der Waals surface area contributed by atoms with Crippen molar-refractivity contribution in [1.29, 1.82) is 0 Å². The molecular formula is C16H24N2O3. The third-order valence-corrected chi connectivity index (χ3v) is 3.86.